The van der Waals surface area contributed by atoms with Gasteiger partial charge in [0.05, 0.1) is 5.75 Å². The lowest BCUT2D eigenvalue weighted by Crippen LogP contribution is -2.30. The number of hydrogen-bond acceptors (Lipinski definition) is 2. The van der Waals surface area contributed by atoms with Gasteiger partial charge in [-0.3, -0.25) is 0 Å². The van der Waals surface area contributed by atoms with Gasteiger partial charge in [-0.15, -0.1) is 0 Å². The predicted molar refractivity (Wildman–Crippen MR) is 88.1 cm³/mol. The maximum atomic E-state index is 12.1. The standard InChI is InChI=1S/C15H24BrNO2S/c1-3-5-6-13(4-2)11-17-20(18,19)12-14-7-9-15(16)10-8-14/h7-10,13,17H,3-6,11-12H2,1-2H3. The van der Waals surface area contributed by atoms with Crippen LogP contribution in [0.5, 0.6) is 0 Å². The number of nitrogens with one attached hydrogen (secondary N) is 1. The predicted octanol–water partition coefficient (Wildman–Crippen LogP) is 4.08. The molecule has 20 heavy (non-hydrogen) atoms. The van der Waals surface area contributed by atoms with Gasteiger partial charge >= 0.3 is 0 Å². The average molecular weight is 362 g/mol. The van der Waals surface area contributed by atoms with Crippen LogP contribution in [-0.2, 0) is 15.8 Å². The molecule has 0 bridgehead atoms. The third-order valence-corrected chi connectivity index (χ3v) is 5.25. The molecule has 0 heterocycles. The van der Waals surface area contributed by atoms with Gasteiger partial charge in [-0.25, -0.2) is 13.1 Å². The van der Waals surface area contributed by atoms with Crippen molar-refractivity contribution in [1.82, 2.24) is 4.72 Å². The van der Waals surface area contributed by atoms with E-state index in [4.69, 9.17) is 0 Å². The highest BCUT2D eigenvalue weighted by Crippen LogP contribution is 2.14. The summed E-state index contributed by atoms with van der Waals surface area (Å²) in [6.07, 6.45) is 4.42. The molecular weight excluding hydrogens is 338 g/mol. The first-order valence-electron chi connectivity index (χ1n) is 7.18. The van der Waals surface area contributed by atoms with E-state index < -0.39 is 10.0 Å². The van der Waals surface area contributed by atoms with Crippen LogP contribution in [0.3, 0.4) is 0 Å². The molecule has 114 valence electrons. The minimum Gasteiger partial charge on any atom is -0.215 e. The molecule has 0 amide bonds. The number of benzene rings is 1. The lowest BCUT2D eigenvalue weighted by molar-refractivity contribution is 0.443. The van der Waals surface area contributed by atoms with Crippen molar-refractivity contribution in [2.75, 3.05) is 6.54 Å². The van der Waals surface area contributed by atoms with Crippen LogP contribution in [0.2, 0.25) is 0 Å². The van der Waals surface area contributed by atoms with Crippen LogP contribution < -0.4 is 4.72 Å². The molecule has 1 N–H and O–H groups in total. The Morgan fingerprint density at radius 2 is 1.85 bits per heavy atom. The van der Waals surface area contributed by atoms with Crippen LogP contribution in [0.1, 0.15) is 45.1 Å². The topological polar surface area (TPSA) is 46.2 Å². The van der Waals surface area contributed by atoms with Crippen molar-refractivity contribution in [3.8, 4) is 0 Å². The molecule has 1 aromatic carbocycles. The molecule has 1 unspecified atom stereocenters. The summed E-state index contributed by atoms with van der Waals surface area (Å²) in [5.74, 6) is 0.486. The molecule has 0 spiro atoms. The molecule has 0 saturated carbocycles. The molecule has 1 aromatic rings. The molecule has 0 aliphatic carbocycles. The van der Waals surface area contributed by atoms with Gasteiger partial charge < -0.3 is 0 Å². The number of sulfonamides is 1. The number of rotatable bonds is 9. The SMILES string of the molecule is CCCCC(CC)CNS(=O)(=O)Cc1ccc(Br)cc1. The minimum absolute atomic E-state index is 0.0461. The zero-order valence-electron chi connectivity index (χ0n) is 12.2. The van der Waals surface area contributed by atoms with Crippen molar-refractivity contribution in [3.05, 3.63) is 34.3 Å². The molecule has 0 fully saturated rings. The third kappa shape index (κ3) is 6.86. The van der Waals surface area contributed by atoms with Crippen LogP contribution in [0.15, 0.2) is 28.7 Å². The summed E-state index contributed by atoms with van der Waals surface area (Å²) in [5, 5.41) is 0. The van der Waals surface area contributed by atoms with Crippen molar-refractivity contribution in [2.24, 2.45) is 5.92 Å². The lowest BCUT2D eigenvalue weighted by Gasteiger charge is -2.15. The number of unbranched alkanes of at least 4 members (excludes halogenated alkanes) is 1. The Bertz CT molecular complexity index is 485. The van der Waals surface area contributed by atoms with E-state index in [9.17, 15) is 8.42 Å². The average Bonchev–Trinajstić information content (AvgIpc) is 2.41. The van der Waals surface area contributed by atoms with Crippen molar-refractivity contribution in [2.45, 2.75) is 45.3 Å². The molecule has 1 atom stereocenters. The van der Waals surface area contributed by atoms with Gasteiger partial charge in [0.15, 0.2) is 0 Å². The Balaban J connectivity index is 2.50. The second-order valence-electron chi connectivity index (χ2n) is 5.15. The zero-order valence-corrected chi connectivity index (χ0v) is 14.6. The van der Waals surface area contributed by atoms with Crippen molar-refractivity contribution >= 4 is 26.0 Å². The van der Waals surface area contributed by atoms with Crippen LogP contribution in [0.25, 0.3) is 0 Å². The van der Waals surface area contributed by atoms with Crippen molar-refractivity contribution in [1.29, 1.82) is 0 Å². The van der Waals surface area contributed by atoms with Crippen LogP contribution in [0, 0.1) is 5.92 Å². The van der Waals surface area contributed by atoms with Gasteiger partial charge in [0.2, 0.25) is 10.0 Å². The smallest absolute Gasteiger partial charge is 0.215 e. The van der Waals surface area contributed by atoms with E-state index in [0.717, 1.165) is 35.7 Å². The maximum absolute atomic E-state index is 12.1. The maximum Gasteiger partial charge on any atom is 0.215 e. The van der Waals surface area contributed by atoms with Gasteiger partial charge in [-0.2, -0.15) is 0 Å². The second-order valence-corrected chi connectivity index (χ2v) is 7.87. The van der Waals surface area contributed by atoms with E-state index in [-0.39, 0.29) is 5.75 Å². The Morgan fingerprint density at radius 3 is 2.40 bits per heavy atom. The summed E-state index contributed by atoms with van der Waals surface area (Å²) >= 11 is 3.34. The highest BCUT2D eigenvalue weighted by molar-refractivity contribution is 9.10. The molecule has 5 heteroatoms. The lowest BCUT2D eigenvalue weighted by atomic mass is 10.00. The van der Waals surface area contributed by atoms with Crippen LogP contribution >= 0.6 is 15.9 Å². The number of hydrogen-bond donors (Lipinski definition) is 1. The fourth-order valence-electron chi connectivity index (χ4n) is 2.04. The summed E-state index contributed by atoms with van der Waals surface area (Å²) in [4.78, 5) is 0. The first-order valence-corrected chi connectivity index (χ1v) is 9.63. The van der Waals surface area contributed by atoms with Crippen molar-refractivity contribution in [3.63, 3.8) is 0 Å². The monoisotopic (exact) mass is 361 g/mol. The minimum atomic E-state index is -3.24. The van der Waals surface area contributed by atoms with E-state index in [1.54, 1.807) is 0 Å². The molecule has 0 aromatic heterocycles. The highest BCUT2D eigenvalue weighted by Gasteiger charge is 2.14. The first-order chi connectivity index (χ1) is 9.46. The fourth-order valence-corrected chi connectivity index (χ4v) is 3.53. The first kappa shape index (κ1) is 17.7. The fraction of sp³-hybridized carbons (Fsp3) is 0.600. The summed E-state index contributed by atoms with van der Waals surface area (Å²) in [6.45, 7) is 4.82. The molecule has 0 aliphatic rings. The molecule has 1 rings (SSSR count). The van der Waals surface area contributed by atoms with Crippen LogP contribution in [0.4, 0.5) is 0 Å². The summed E-state index contributed by atoms with van der Waals surface area (Å²) < 4.78 is 27.8. The van der Waals surface area contributed by atoms with E-state index in [1.165, 1.54) is 0 Å². The van der Waals surface area contributed by atoms with Gasteiger partial charge in [0, 0.05) is 11.0 Å². The highest BCUT2D eigenvalue weighted by atomic mass is 79.9. The van der Waals surface area contributed by atoms with E-state index in [2.05, 4.69) is 34.5 Å². The van der Waals surface area contributed by atoms with Gasteiger partial charge in [0.25, 0.3) is 0 Å². The Hall–Kier alpha value is -0.390. The Morgan fingerprint density at radius 1 is 1.20 bits per heavy atom. The van der Waals surface area contributed by atoms with Gasteiger partial charge in [-0.05, 0) is 30.0 Å². The Kier molecular flexibility index (Phi) is 7.77. The van der Waals surface area contributed by atoms with Gasteiger partial charge in [0.1, 0.15) is 0 Å². The van der Waals surface area contributed by atoms with E-state index in [1.807, 2.05) is 24.3 Å². The van der Waals surface area contributed by atoms with Crippen LogP contribution in [-0.4, -0.2) is 15.0 Å². The molecule has 0 aliphatic heterocycles. The molecule has 3 nitrogen and oxygen atoms in total. The second kappa shape index (κ2) is 8.80. The molecular formula is C15H24BrNO2S. The Labute approximate surface area is 131 Å². The quantitative estimate of drug-likeness (QED) is 0.719. The van der Waals surface area contributed by atoms with Gasteiger partial charge in [-0.1, -0.05) is 61.2 Å². The normalized spacial score (nSPS) is 13.3. The van der Waals surface area contributed by atoms with E-state index >= 15 is 0 Å². The molecule has 0 saturated heterocycles. The summed E-state index contributed by atoms with van der Waals surface area (Å²) in [6, 6.07) is 7.39. The zero-order chi connectivity index (χ0) is 15.0. The number of halogens is 1. The summed E-state index contributed by atoms with van der Waals surface area (Å²) in [7, 11) is -3.24. The largest absolute Gasteiger partial charge is 0.215 e. The summed E-state index contributed by atoms with van der Waals surface area (Å²) in [5.41, 5.74) is 0.808. The van der Waals surface area contributed by atoms with E-state index in [0.29, 0.717) is 12.5 Å². The molecule has 0 radical (unpaired) electrons. The van der Waals surface area contributed by atoms with Crippen molar-refractivity contribution < 1.29 is 8.42 Å². The third-order valence-electron chi connectivity index (χ3n) is 3.41.